The summed E-state index contributed by atoms with van der Waals surface area (Å²) in [5, 5.41) is 11.5. The van der Waals surface area contributed by atoms with Gasteiger partial charge in [0.25, 0.3) is 0 Å². The van der Waals surface area contributed by atoms with Gasteiger partial charge in [-0.15, -0.1) is 21.5 Å². The highest BCUT2D eigenvalue weighted by Crippen LogP contribution is 2.29. The van der Waals surface area contributed by atoms with Gasteiger partial charge in [-0.2, -0.15) is 0 Å². The molecule has 0 bridgehead atoms. The Hall–Kier alpha value is -1.66. The predicted octanol–water partition coefficient (Wildman–Crippen LogP) is 4.48. The van der Waals surface area contributed by atoms with Crippen molar-refractivity contribution in [2.24, 2.45) is 7.05 Å². The molecule has 3 aromatic rings. The molecular formula is C15H15BrN4S. The molecule has 0 amide bonds. The third kappa shape index (κ3) is 3.16. The van der Waals surface area contributed by atoms with Gasteiger partial charge in [0.2, 0.25) is 0 Å². The maximum Gasteiger partial charge on any atom is 0.163 e. The Bertz CT molecular complexity index is 732. The summed E-state index contributed by atoms with van der Waals surface area (Å²) in [5.41, 5.74) is 2.16. The minimum atomic E-state index is 0.280. The summed E-state index contributed by atoms with van der Waals surface area (Å²) in [7, 11) is 1.94. The molecule has 0 aliphatic rings. The van der Waals surface area contributed by atoms with Crippen LogP contribution in [0.15, 0.2) is 46.5 Å². The molecule has 1 atom stereocenters. The molecule has 2 heterocycles. The fraction of sp³-hybridized carbons (Fsp3) is 0.200. The maximum atomic E-state index is 4.12. The smallest absolute Gasteiger partial charge is 0.163 e. The number of hydrogen-bond acceptors (Lipinski definition) is 4. The van der Waals surface area contributed by atoms with Gasteiger partial charge < -0.3 is 9.88 Å². The second-order valence-corrected chi connectivity index (χ2v) is 7.35. The second-order valence-electron chi connectivity index (χ2n) is 4.85. The summed E-state index contributed by atoms with van der Waals surface area (Å²) in [6.07, 6.45) is 1.71. The number of rotatable bonds is 4. The Balaban J connectivity index is 1.74. The Morgan fingerprint density at radius 1 is 1.19 bits per heavy atom. The molecule has 0 fully saturated rings. The largest absolute Gasteiger partial charge is 0.378 e. The van der Waals surface area contributed by atoms with Gasteiger partial charge in [0.15, 0.2) is 5.82 Å². The van der Waals surface area contributed by atoms with E-state index in [4.69, 9.17) is 0 Å². The zero-order chi connectivity index (χ0) is 14.8. The minimum Gasteiger partial charge on any atom is -0.378 e. The van der Waals surface area contributed by atoms with Crippen LogP contribution in [0.3, 0.4) is 0 Å². The lowest BCUT2D eigenvalue weighted by Crippen LogP contribution is -2.04. The first-order valence-electron chi connectivity index (χ1n) is 6.59. The molecule has 4 nitrogen and oxygen atoms in total. The summed E-state index contributed by atoms with van der Waals surface area (Å²) < 4.78 is 3.07. The molecule has 1 N–H and O–H groups in total. The lowest BCUT2D eigenvalue weighted by atomic mass is 10.1. The zero-order valence-corrected chi connectivity index (χ0v) is 14.1. The lowest BCUT2D eigenvalue weighted by Gasteiger charge is -2.14. The standard InChI is InChI=1S/C15H15BrN4S/c1-10(13-7-8-14(16)21-13)18-12-5-3-11(4-6-12)15-19-17-9-20(15)2/h3-10,18H,1-2H3. The normalized spacial score (nSPS) is 12.3. The van der Waals surface area contributed by atoms with Crippen LogP contribution in [0.5, 0.6) is 0 Å². The number of nitrogens with one attached hydrogen (secondary N) is 1. The van der Waals surface area contributed by atoms with Crippen molar-refractivity contribution >= 4 is 33.0 Å². The van der Waals surface area contributed by atoms with Gasteiger partial charge >= 0.3 is 0 Å². The first-order chi connectivity index (χ1) is 10.1. The van der Waals surface area contributed by atoms with E-state index in [-0.39, 0.29) is 6.04 Å². The first kappa shape index (κ1) is 14.3. The molecule has 6 heteroatoms. The quantitative estimate of drug-likeness (QED) is 0.743. The van der Waals surface area contributed by atoms with Gasteiger partial charge in [-0.3, -0.25) is 0 Å². The third-order valence-corrected chi connectivity index (χ3v) is 5.06. The van der Waals surface area contributed by atoms with E-state index in [9.17, 15) is 0 Å². The van der Waals surface area contributed by atoms with Crippen LogP contribution in [0.4, 0.5) is 5.69 Å². The van der Waals surface area contributed by atoms with Crippen molar-refractivity contribution in [2.45, 2.75) is 13.0 Å². The van der Waals surface area contributed by atoms with Gasteiger partial charge in [0.05, 0.1) is 9.83 Å². The molecular weight excluding hydrogens is 348 g/mol. The number of aromatic nitrogens is 3. The van der Waals surface area contributed by atoms with Crippen LogP contribution in [-0.4, -0.2) is 14.8 Å². The molecule has 0 spiro atoms. The van der Waals surface area contributed by atoms with E-state index in [0.717, 1.165) is 20.9 Å². The van der Waals surface area contributed by atoms with Crippen LogP contribution in [0.2, 0.25) is 0 Å². The summed E-state index contributed by atoms with van der Waals surface area (Å²) in [6, 6.07) is 12.8. The molecule has 108 valence electrons. The van der Waals surface area contributed by atoms with Gasteiger partial charge in [0, 0.05) is 23.2 Å². The highest BCUT2D eigenvalue weighted by molar-refractivity contribution is 9.11. The minimum absolute atomic E-state index is 0.280. The van der Waals surface area contributed by atoms with Crippen molar-refractivity contribution in [1.29, 1.82) is 0 Å². The third-order valence-electron chi connectivity index (χ3n) is 3.26. The Labute approximate surface area is 136 Å². The molecule has 0 radical (unpaired) electrons. The molecule has 0 saturated carbocycles. The molecule has 3 rings (SSSR count). The highest BCUT2D eigenvalue weighted by atomic mass is 79.9. The van der Waals surface area contributed by atoms with Gasteiger partial charge in [0.1, 0.15) is 6.33 Å². The van der Waals surface area contributed by atoms with Crippen LogP contribution in [0, 0.1) is 0 Å². The topological polar surface area (TPSA) is 42.7 Å². The first-order valence-corrected chi connectivity index (χ1v) is 8.20. The SMILES string of the molecule is CC(Nc1ccc(-c2nncn2C)cc1)c1ccc(Br)s1. The van der Waals surface area contributed by atoms with Crippen LogP contribution in [0.1, 0.15) is 17.8 Å². The van der Waals surface area contributed by atoms with E-state index in [1.54, 1.807) is 17.7 Å². The summed E-state index contributed by atoms with van der Waals surface area (Å²) >= 11 is 5.25. The van der Waals surface area contributed by atoms with E-state index in [2.05, 4.69) is 74.8 Å². The van der Waals surface area contributed by atoms with Crippen molar-refractivity contribution in [1.82, 2.24) is 14.8 Å². The van der Waals surface area contributed by atoms with Crippen LogP contribution in [0.25, 0.3) is 11.4 Å². The number of hydrogen-bond donors (Lipinski definition) is 1. The Kier molecular flexibility index (Phi) is 4.07. The number of thiophene rings is 1. The number of anilines is 1. The van der Waals surface area contributed by atoms with Crippen molar-refractivity contribution in [3.63, 3.8) is 0 Å². The maximum absolute atomic E-state index is 4.12. The van der Waals surface area contributed by atoms with Crippen molar-refractivity contribution < 1.29 is 0 Å². The average Bonchev–Trinajstić information content (AvgIpc) is 3.08. The van der Waals surface area contributed by atoms with Crippen LogP contribution >= 0.6 is 27.3 Å². The average molecular weight is 363 g/mol. The van der Waals surface area contributed by atoms with Gasteiger partial charge in [-0.25, -0.2) is 0 Å². The van der Waals surface area contributed by atoms with E-state index < -0.39 is 0 Å². The monoisotopic (exact) mass is 362 g/mol. The number of nitrogens with zero attached hydrogens (tertiary/aromatic N) is 3. The summed E-state index contributed by atoms with van der Waals surface area (Å²) in [5.74, 6) is 0.872. The molecule has 2 aromatic heterocycles. The van der Waals surface area contributed by atoms with E-state index >= 15 is 0 Å². The molecule has 1 unspecified atom stereocenters. The van der Waals surface area contributed by atoms with Gasteiger partial charge in [-0.1, -0.05) is 0 Å². The van der Waals surface area contributed by atoms with Gasteiger partial charge in [-0.05, 0) is 59.3 Å². The van der Waals surface area contributed by atoms with Crippen LogP contribution in [-0.2, 0) is 7.05 Å². The van der Waals surface area contributed by atoms with E-state index in [1.807, 2.05) is 11.6 Å². The number of aryl methyl sites for hydroxylation is 1. The molecule has 0 aliphatic heterocycles. The molecule has 0 saturated heterocycles. The second kappa shape index (κ2) is 5.99. The molecule has 0 aliphatic carbocycles. The number of benzene rings is 1. The van der Waals surface area contributed by atoms with Crippen LogP contribution < -0.4 is 5.32 Å². The van der Waals surface area contributed by atoms with E-state index in [1.165, 1.54) is 4.88 Å². The zero-order valence-electron chi connectivity index (χ0n) is 11.7. The predicted molar refractivity (Wildman–Crippen MR) is 90.5 cm³/mol. The molecule has 21 heavy (non-hydrogen) atoms. The lowest BCUT2D eigenvalue weighted by molar-refractivity contribution is 0.907. The number of halogens is 1. The summed E-state index contributed by atoms with van der Waals surface area (Å²) in [4.78, 5) is 1.30. The summed E-state index contributed by atoms with van der Waals surface area (Å²) in [6.45, 7) is 2.16. The Morgan fingerprint density at radius 2 is 1.95 bits per heavy atom. The highest BCUT2D eigenvalue weighted by Gasteiger charge is 2.09. The van der Waals surface area contributed by atoms with Crippen molar-refractivity contribution in [3.8, 4) is 11.4 Å². The molecule has 1 aromatic carbocycles. The van der Waals surface area contributed by atoms with E-state index in [0.29, 0.717) is 0 Å². The fourth-order valence-corrected chi connectivity index (χ4v) is 3.57. The Morgan fingerprint density at radius 3 is 2.52 bits per heavy atom. The van der Waals surface area contributed by atoms with Crippen molar-refractivity contribution in [2.75, 3.05) is 5.32 Å². The van der Waals surface area contributed by atoms with Crippen molar-refractivity contribution in [3.05, 3.63) is 51.4 Å². The fourth-order valence-electron chi connectivity index (χ4n) is 2.14.